The summed E-state index contributed by atoms with van der Waals surface area (Å²) in [6.45, 7) is 6.93. The molecule has 2 aliphatic rings. The largest absolute Gasteiger partial charge is 0.444 e. The monoisotopic (exact) mass is 304 g/mol. The number of carbonyl (C=O) groups excluding carboxylic acids is 1. The fourth-order valence-electron chi connectivity index (χ4n) is 2.94. The lowest BCUT2D eigenvalue weighted by molar-refractivity contribution is 0.0292. The van der Waals surface area contributed by atoms with Crippen LogP contribution in [0.15, 0.2) is 23.1 Å². The molecule has 3 rings (SSSR count). The van der Waals surface area contributed by atoms with Crippen LogP contribution < -0.4 is 5.56 Å². The molecule has 1 amide bonds. The van der Waals surface area contributed by atoms with Crippen LogP contribution in [0.3, 0.4) is 0 Å². The zero-order chi connectivity index (χ0) is 15.9. The summed E-state index contributed by atoms with van der Waals surface area (Å²) in [6, 6.07) is 4.17. The zero-order valence-electron chi connectivity index (χ0n) is 13.5. The third-order valence-corrected chi connectivity index (χ3v) is 4.22. The summed E-state index contributed by atoms with van der Waals surface area (Å²) >= 11 is 0. The van der Waals surface area contributed by atoms with Crippen LogP contribution >= 0.6 is 0 Å². The molecule has 1 saturated carbocycles. The summed E-state index contributed by atoms with van der Waals surface area (Å²) in [5, 5.41) is 0. The van der Waals surface area contributed by atoms with Gasteiger partial charge in [0.2, 0.25) is 0 Å². The molecule has 1 aromatic heterocycles. The van der Waals surface area contributed by atoms with E-state index in [4.69, 9.17) is 4.74 Å². The molecule has 0 radical (unpaired) electrons. The van der Waals surface area contributed by atoms with Crippen molar-refractivity contribution in [1.29, 1.82) is 0 Å². The minimum Gasteiger partial charge on any atom is -0.444 e. The molecule has 2 heterocycles. The van der Waals surface area contributed by atoms with E-state index in [2.05, 4.69) is 0 Å². The number of rotatable bonds is 2. The van der Waals surface area contributed by atoms with Crippen molar-refractivity contribution in [3.8, 4) is 0 Å². The van der Waals surface area contributed by atoms with Crippen LogP contribution in [0.25, 0.3) is 0 Å². The first kappa shape index (κ1) is 15.1. The second-order valence-corrected chi connectivity index (χ2v) is 7.35. The molecule has 0 spiro atoms. The highest BCUT2D eigenvalue weighted by atomic mass is 16.6. The van der Waals surface area contributed by atoms with E-state index in [1.807, 2.05) is 37.6 Å². The lowest BCUT2D eigenvalue weighted by atomic mass is 10.00. The first-order valence-corrected chi connectivity index (χ1v) is 8.03. The minimum absolute atomic E-state index is 0.0794. The quantitative estimate of drug-likeness (QED) is 0.844. The Morgan fingerprint density at radius 3 is 2.59 bits per heavy atom. The fourth-order valence-corrected chi connectivity index (χ4v) is 2.94. The van der Waals surface area contributed by atoms with Gasteiger partial charge in [-0.15, -0.1) is 0 Å². The number of ether oxygens (including phenoxy) is 1. The van der Waals surface area contributed by atoms with Crippen molar-refractivity contribution in [2.75, 3.05) is 13.1 Å². The summed E-state index contributed by atoms with van der Waals surface area (Å²) in [5.41, 5.74) is 0.642. The number of aromatic nitrogens is 1. The highest BCUT2D eigenvalue weighted by Gasteiger charge is 2.31. The minimum atomic E-state index is -0.472. The van der Waals surface area contributed by atoms with Crippen molar-refractivity contribution in [3.05, 3.63) is 34.2 Å². The molecule has 0 aromatic carbocycles. The van der Waals surface area contributed by atoms with E-state index in [0.29, 0.717) is 19.1 Å². The SMILES string of the molecule is CC(C)(C)OC(=O)N1CCC(c2ccn(C3CC3)c(=O)c2)C1. The van der Waals surface area contributed by atoms with E-state index in [-0.39, 0.29) is 17.6 Å². The Balaban J connectivity index is 1.66. The summed E-state index contributed by atoms with van der Waals surface area (Å²) < 4.78 is 7.23. The topological polar surface area (TPSA) is 51.5 Å². The third kappa shape index (κ3) is 3.34. The van der Waals surface area contributed by atoms with Crippen LogP contribution in [0.5, 0.6) is 0 Å². The van der Waals surface area contributed by atoms with Gasteiger partial charge in [0, 0.05) is 37.3 Å². The van der Waals surface area contributed by atoms with Crippen molar-refractivity contribution in [2.45, 2.75) is 57.6 Å². The van der Waals surface area contributed by atoms with Gasteiger partial charge in [-0.3, -0.25) is 4.79 Å². The predicted molar refractivity (Wildman–Crippen MR) is 84.1 cm³/mol. The van der Waals surface area contributed by atoms with Crippen molar-refractivity contribution in [2.24, 2.45) is 0 Å². The second-order valence-electron chi connectivity index (χ2n) is 7.35. The average Bonchev–Trinajstić information content (AvgIpc) is 3.13. The number of carbonyl (C=O) groups is 1. The van der Waals surface area contributed by atoms with Gasteiger partial charge >= 0.3 is 6.09 Å². The molecular weight excluding hydrogens is 280 g/mol. The number of nitrogens with zero attached hydrogens (tertiary/aromatic N) is 2. The summed E-state index contributed by atoms with van der Waals surface area (Å²) in [6.07, 6.45) is 4.74. The molecule has 1 atom stereocenters. The summed E-state index contributed by atoms with van der Waals surface area (Å²) in [5.74, 6) is 0.231. The third-order valence-electron chi connectivity index (χ3n) is 4.22. The van der Waals surface area contributed by atoms with Crippen molar-refractivity contribution < 1.29 is 9.53 Å². The Bertz CT molecular complexity index is 626. The standard InChI is InChI=1S/C17H24N2O3/c1-17(2,3)22-16(21)18-8-6-13(11-18)12-7-9-19(14-4-5-14)15(20)10-12/h7,9-10,13-14H,4-6,8,11H2,1-3H3. The van der Waals surface area contributed by atoms with Gasteiger partial charge in [-0.1, -0.05) is 0 Å². The van der Waals surface area contributed by atoms with Crippen molar-refractivity contribution in [1.82, 2.24) is 9.47 Å². The van der Waals surface area contributed by atoms with Gasteiger partial charge in [0.05, 0.1) is 0 Å². The van der Waals surface area contributed by atoms with Crippen LogP contribution in [0.1, 0.15) is 57.6 Å². The predicted octanol–water partition coefficient (Wildman–Crippen LogP) is 2.91. The normalized spacial score (nSPS) is 22.0. The fraction of sp³-hybridized carbons (Fsp3) is 0.647. The molecule has 5 nitrogen and oxygen atoms in total. The van der Waals surface area contributed by atoms with Crippen LogP contribution in [-0.2, 0) is 4.74 Å². The maximum atomic E-state index is 12.1. The van der Waals surface area contributed by atoms with Crippen molar-refractivity contribution in [3.63, 3.8) is 0 Å². The molecule has 1 aliphatic carbocycles. The molecular formula is C17H24N2O3. The van der Waals surface area contributed by atoms with Crippen molar-refractivity contribution >= 4 is 6.09 Å². The van der Waals surface area contributed by atoms with E-state index in [1.54, 1.807) is 11.0 Å². The van der Waals surface area contributed by atoms with Gasteiger partial charge in [-0.25, -0.2) is 4.79 Å². The molecule has 120 valence electrons. The molecule has 0 bridgehead atoms. The molecule has 1 aromatic rings. The Hall–Kier alpha value is -1.78. The van der Waals surface area contributed by atoms with E-state index in [1.165, 1.54) is 0 Å². The van der Waals surface area contributed by atoms with Gasteiger partial charge in [-0.05, 0) is 51.7 Å². The number of pyridine rings is 1. The highest BCUT2D eigenvalue weighted by Crippen LogP contribution is 2.34. The maximum Gasteiger partial charge on any atom is 0.410 e. The molecule has 5 heteroatoms. The zero-order valence-corrected chi connectivity index (χ0v) is 13.5. The molecule has 22 heavy (non-hydrogen) atoms. The number of hydrogen-bond acceptors (Lipinski definition) is 3. The van der Waals surface area contributed by atoms with Crippen LogP contribution in [0, 0.1) is 0 Å². The Morgan fingerprint density at radius 1 is 1.27 bits per heavy atom. The number of likely N-dealkylation sites (tertiary alicyclic amines) is 1. The smallest absolute Gasteiger partial charge is 0.410 e. The van der Waals surface area contributed by atoms with E-state index < -0.39 is 5.60 Å². The highest BCUT2D eigenvalue weighted by molar-refractivity contribution is 5.68. The van der Waals surface area contributed by atoms with Gasteiger partial charge < -0.3 is 14.2 Å². The molecule has 1 saturated heterocycles. The maximum absolute atomic E-state index is 12.1. The van der Waals surface area contributed by atoms with Gasteiger partial charge in [0.1, 0.15) is 5.60 Å². The lowest BCUT2D eigenvalue weighted by Gasteiger charge is -2.24. The Labute approximate surface area is 130 Å². The van der Waals surface area contributed by atoms with Crippen LogP contribution in [0.4, 0.5) is 4.79 Å². The van der Waals surface area contributed by atoms with E-state index in [0.717, 1.165) is 24.8 Å². The first-order chi connectivity index (χ1) is 10.3. The second kappa shape index (κ2) is 5.45. The Morgan fingerprint density at radius 2 is 2.00 bits per heavy atom. The van der Waals surface area contributed by atoms with Crippen LogP contribution in [-0.4, -0.2) is 34.3 Å². The molecule has 1 unspecified atom stereocenters. The van der Waals surface area contributed by atoms with Gasteiger partial charge in [-0.2, -0.15) is 0 Å². The molecule has 1 aliphatic heterocycles. The van der Waals surface area contributed by atoms with E-state index >= 15 is 0 Å². The van der Waals surface area contributed by atoms with Crippen LogP contribution in [0.2, 0.25) is 0 Å². The number of amides is 1. The summed E-state index contributed by atoms with van der Waals surface area (Å²) in [4.78, 5) is 26.0. The number of hydrogen-bond donors (Lipinski definition) is 0. The average molecular weight is 304 g/mol. The first-order valence-electron chi connectivity index (χ1n) is 8.03. The summed E-state index contributed by atoms with van der Waals surface area (Å²) in [7, 11) is 0. The molecule has 0 N–H and O–H groups in total. The molecule has 2 fully saturated rings. The van der Waals surface area contributed by atoms with Gasteiger partial charge in [0.25, 0.3) is 5.56 Å². The van der Waals surface area contributed by atoms with Gasteiger partial charge in [0.15, 0.2) is 0 Å². The Kier molecular flexibility index (Phi) is 3.75. The lowest BCUT2D eigenvalue weighted by Crippen LogP contribution is -2.35. The van der Waals surface area contributed by atoms with E-state index in [9.17, 15) is 9.59 Å².